The molecule has 0 fully saturated rings. The predicted molar refractivity (Wildman–Crippen MR) is 60.9 cm³/mol. The maximum absolute atomic E-state index is 6.03. The fourth-order valence-electron chi connectivity index (χ4n) is 1.56. The van der Waals surface area contributed by atoms with E-state index in [0.717, 1.165) is 17.5 Å². The molecule has 0 amide bonds. The summed E-state index contributed by atoms with van der Waals surface area (Å²) in [6.45, 7) is 4.17. The highest BCUT2D eigenvalue weighted by atomic mass is 35.5. The van der Waals surface area contributed by atoms with E-state index in [9.17, 15) is 0 Å². The maximum atomic E-state index is 6.03. The molecule has 2 heteroatoms. The molecule has 1 aromatic carbocycles. The number of pyridine rings is 1. The van der Waals surface area contributed by atoms with Crippen LogP contribution in [-0.2, 0) is 6.42 Å². The minimum Gasteiger partial charge on any atom is -0.236 e. The van der Waals surface area contributed by atoms with Gasteiger partial charge in [0.15, 0.2) is 0 Å². The van der Waals surface area contributed by atoms with Crippen LogP contribution < -0.4 is 0 Å². The van der Waals surface area contributed by atoms with Gasteiger partial charge in [-0.2, -0.15) is 0 Å². The molecular weight excluding hydrogens is 194 g/mol. The summed E-state index contributed by atoms with van der Waals surface area (Å²) in [4.78, 5) is 4.35. The van der Waals surface area contributed by atoms with Crippen LogP contribution in [0.3, 0.4) is 0 Å². The quantitative estimate of drug-likeness (QED) is 0.646. The van der Waals surface area contributed by atoms with E-state index in [4.69, 9.17) is 11.6 Å². The van der Waals surface area contributed by atoms with Crippen LogP contribution in [-0.4, -0.2) is 4.98 Å². The number of aromatic nitrogens is 1. The average molecular weight is 206 g/mol. The van der Waals surface area contributed by atoms with Gasteiger partial charge >= 0.3 is 0 Å². The number of hydrogen-bond donors (Lipinski definition) is 0. The monoisotopic (exact) mass is 205 g/mol. The summed E-state index contributed by atoms with van der Waals surface area (Å²) in [5, 5.41) is 1.80. The summed E-state index contributed by atoms with van der Waals surface area (Å²) in [5.41, 5.74) is 3.34. The van der Waals surface area contributed by atoms with Crippen molar-refractivity contribution in [2.75, 3.05) is 0 Å². The van der Waals surface area contributed by atoms with Crippen molar-refractivity contribution < 1.29 is 0 Å². The lowest BCUT2D eigenvalue weighted by atomic mass is 10.1. The van der Waals surface area contributed by atoms with Crippen LogP contribution in [0.1, 0.15) is 18.1 Å². The van der Waals surface area contributed by atoms with E-state index >= 15 is 0 Å². The zero-order valence-corrected chi connectivity index (χ0v) is 9.10. The molecule has 0 radical (unpaired) electrons. The van der Waals surface area contributed by atoms with Crippen molar-refractivity contribution in [3.63, 3.8) is 0 Å². The Balaban J connectivity index is 2.73. The second-order valence-electron chi connectivity index (χ2n) is 3.49. The van der Waals surface area contributed by atoms with Crippen molar-refractivity contribution in [1.82, 2.24) is 4.98 Å². The van der Waals surface area contributed by atoms with E-state index in [-0.39, 0.29) is 0 Å². The molecule has 2 rings (SSSR count). The molecule has 72 valence electrons. The molecule has 1 heterocycles. The van der Waals surface area contributed by atoms with Gasteiger partial charge in [-0.3, -0.25) is 0 Å². The molecule has 0 aliphatic heterocycles. The topological polar surface area (TPSA) is 12.9 Å². The van der Waals surface area contributed by atoms with Gasteiger partial charge in [0.05, 0.1) is 5.52 Å². The molecule has 0 spiro atoms. The fourth-order valence-corrected chi connectivity index (χ4v) is 1.84. The lowest BCUT2D eigenvalue weighted by molar-refractivity contribution is 1.12. The Morgan fingerprint density at radius 2 is 2.07 bits per heavy atom. The number of halogens is 1. The van der Waals surface area contributed by atoms with Gasteiger partial charge in [-0.25, -0.2) is 4.98 Å². The molecule has 0 N–H and O–H groups in total. The average Bonchev–Trinajstić information content (AvgIpc) is 2.17. The molecule has 1 nitrogen and oxygen atoms in total. The SMILES string of the molecule is CCc1cc2cc(C)ccc2nc1Cl. The van der Waals surface area contributed by atoms with Crippen LogP contribution in [0.5, 0.6) is 0 Å². The zero-order valence-electron chi connectivity index (χ0n) is 8.34. The largest absolute Gasteiger partial charge is 0.236 e. The molecule has 0 aliphatic rings. The van der Waals surface area contributed by atoms with E-state index < -0.39 is 0 Å². The van der Waals surface area contributed by atoms with Gasteiger partial charge in [0.2, 0.25) is 0 Å². The van der Waals surface area contributed by atoms with E-state index in [0.29, 0.717) is 5.15 Å². The Morgan fingerprint density at radius 3 is 2.79 bits per heavy atom. The molecule has 0 aliphatic carbocycles. The molecular formula is C12H12ClN. The summed E-state index contributed by atoms with van der Waals surface area (Å²) in [6, 6.07) is 8.32. The predicted octanol–water partition coefficient (Wildman–Crippen LogP) is 3.76. The molecule has 2 aromatic rings. The Labute approximate surface area is 88.7 Å². The number of rotatable bonds is 1. The molecule has 14 heavy (non-hydrogen) atoms. The summed E-state index contributed by atoms with van der Waals surface area (Å²) in [7, 11) is 0. The lowest BCUT2D eigenvalue weighted by Crippen LogP contribution is -1.88. The van der Waals surface area contributed by atoms with Gasteiger partial charge in [0, 0.05) is 5.39 Å². The second kappa shape index (κ2) is 3.58. The highest BCUT2D eigenvalue weighted by Crippen LogP contribution is 2.21. The van der Waals surface area contributed by atoms with E-state index in [1.165, 1.54) is 10.9 Å². The van der Waals surface area contributed by atoms with Crippen LogP contribution in [0.15, 0.2) is 24.3 Å². The van der Waals surface area contributed by atoms with Crippen molar-refractivity contribution in [2.45, 2.75) is 20.3 Å². The molecule has 0 saturated carbocycles. The Bertz CT molecular complexity index is 477. The Kier molecular flexibility index (Phi) is 2.42. The van der Waals surface area contributed by atoms with Crippen molar-refractivity contribution in [3.05, 3.63) is 40.5 Å². The first-order chi connectivity index (χ1) is 6.70. The number of hydrogen-bond acceptors (Lipinski definition) is 1. The Hall–Kier alpha value is -1.08. The highest BCUT2D eigenvalue weighted by molar-refractivity contribution is 6.30. The third-order valence-corrected chi connectivity index (χ3v) is 2.70. The van der Waals surface area contributed by atoms with Crippen molar-refractivity contribution in [2.24, 2.45) is 0 Å². The third kappa shape index (κ3) is 1.60. The molecule has 0 bridgehead atoms. The number of aryl methyl sites for hydroxylation is 2. The molecule has 0 unspecified atom stereocenters. The minimum atomic E-state index is 0.629. The van der Waals surface area contributed by atoms with Gasteiger partial charge in [-0.05, 0) is 37.1 Å². The normalized spacial score (nSPS) is 10.8. The number of nitrogens with zero attached hydrogens (tertiary/aromatic N) is 1. The fraction of sp³-hybridized carbons (Fsp3) is 0.250. The van der Waals surface area contributed by atoms with Gasteiger partial charge in [0.1, 0.15) is 5.15 Å². The van der Waals surface area contributed by atoms with E-state index in [1.54, 1.807) is 0 Å². The van der Waals surface area contributed by atoms with Crippen LogP contribution in [0.4, 0.5) is 0 Å². The lowest BCUT2D eigenvalue weighted by Gasteiger charge is -2.04. The van der Waals surface area contributed by atoms with Crippen molar-refractivity contribution >= 4 is 22.5 Å². The van der Waals surface area contributed by atoms with Crippen LogP contribution >= 0.6 is 11.6 Å². The van der Waals surface area contributed by atoms with Crippen LogP contribution in [0, 0.1) is 6.92 Å². The maximum Gasteiger partial charge on any atom is 0.132 e. The summed E-state index contributed by atoms with van der Waals surface area (Å²) < 4.78 is 0. The zero-order chi connectivity index (χ0) is 10.1. The molecule has 0 saturated heterocycles. The van der Waals surface area contributed by atoms with E-state index in [1.807, 2.05) is 6.07 Å². The third-order valence-electron chi connectivity index (χ3n) is 2.38. The van der Waals surface area contributed by atoms with Gasteiger partial charge in [0.25, 0.3) is 0 Å². The van der Waals surface area contributed by atoms with Crippen molar-refractivity contribution in [3.8, 4) is 0 Å². The van der Waals surface area contributed by atoms with Gasteiger partial charge in [-0.15, -0.1) is 0 Å². The number of fused-ring (bicyclic) bond motifs is 1. The standard InChI is InChI=1S/C12H12ClN/c1-3-9-7-10-6-8(2)4-5-11(10)14-12(9)13/h4-7H,3H2,1-2H3. The first-order valence-corrected chi connectivity index (χ1v) is 5.14. The summed E-state index contributed by atoms with van der Waals surface area (Å²) >= 11 is 6.03. The molecule has 1 aromatic heterocycles. The first kappa shape index (κ1) is 9.47. The second-order valence-corrected chi connectivity index (χ2v) is 3.85. The smallest absolute Gasteiger partial charge is 0.132 e. The van der Waals surface area contributed by atoms with E-state index in [2.05, 4.69) is 37.0 Å². The highest BCUT2D eigenvalue weighted by Gasteiger charge is 2.02. The van der Waals surface area contributed by atoms with Crippen LogP contribution in [0.25, 0.3) is 10.9 Å². The van der Waals surface area contributed by atoms with Crippen molar-refractivity contribution in [1.29, 1.82) is 0 Å². The minimum absolute atomic E-state index is 0.629. The van der Waals surface area contributed by atoms with Gasteiger partial charge < -0.3 is 0 Å². The summed E-state index contributed by atoms with van der Waals surface area (Å²) in [6.07, 6.45) is 0.926. The molecule has 0 atom stereocenters. The Morgan fingerprint density at radius 1 is 1.29 bits per heavy atom. The van der Waals surface area contributed by atoms with Gasteiger partial charge in [-0.1, -0.05) is 30.2 Å². The van der Waals surface area contributed by atoms with Crippen LogP contribution in [0.2, 0.25) is 5.15 Å². The number of benzene rings is 1. The first-order valence-electron chi connectivity index (χ1n) is 4.76. The summed E-state index contributed by atoms with van der Waals surface area (Å²) in [5.74, 6) is 0.